The maximum Gasteiger partial charge on any atom is 0.0499 e. The van der Waals surface area contributed by atoms with Crippen LogP contribution >= 0.6 is 0 Å². The number of aliphatic hydroxyl groups excluding tert-OH is 1. The van der Waals surface area contributed by atoms with Crippen molar-refractivity contribution in [2.75, 3.05) is 19.7 Å². The van der Waals surface area contributed by atoms with Gasteiger partial charge in [-0.05, 0) is 32.7 Å². The summed E-state index contributed by atoms with van der Waals surface area (Å²) >= 11 is 0. The fourth-order valence-electron chi connectivity index (χ4n) is 2.73. The van der Waals surface area contributed by atoms with E-state index in [1.807, 2.05) is 0 Å². The molecule has 1 saturated heterocycles. The molecule has 0 aromatic carbocycles. The molecule has 1 aliphatic heterocycles. The molecule has 1 unspecified atom stereocenters. The molecule has 1 heterocycles. The van der Waals surface area contributed by atoms with E-state index in [9.17, 15) is 5.11 Å². The number of hydrogen-bond donors (Lipinski definition) is 1. The molecule has 2 nitrogen and oxygen atoms in total. The van der Waals surface area contributed by atoms with E-state index >= 15 is 0 Å². The predicted molar refractivity (Wildman–Crippen MR) is 53.6 cm³/mol. The van der Waals surface area contributed by atoms with Gasteiger partial charge >= 0.3 is 0 Å². The maximum absolute atomic E-state index is 9.44. The zero-order valence-electron chi connectivity index (χ0n) is 8.63. The average molecular weight is 183 g/mol. The molecule has 0 radical (unpaired) electrons. The first-order valence-electron chi connectivity index (χ1n) is 5.61. The van der Waals surface area contributed by atoms with Crippen LogP contribution in [0.3, 0.4) is 0 Å². The van der Waals surface area contributed by atoms with Crippen molar-refractivity contribution in [1.82, 2.24) is 4.90 Å². The summed E-state index contributed by atoms with van der Waals surface area (Å²) in [7, 11) is 0. The number of hydrogen-bond acceptors (Lipinski definition) is 2. The van der Waals surface area contributed by atoms with Gasteiger partial charge in [0.05, 0.1) is 0 Å². The Labute approximate surface area is 80.9 Å². The molecule has 1 N–H and O–H groups in total. The molecular formula is C11H21NO. The minimum Gasteiger partial charge on any atom is -0.396 e. The highest BCUT2D eigenvalue weighted by Crippen LogP contribution is 2.39. The fourth-order valence-corrected chi connectivity index (χ4v) is 2.73. The summed E-state index contributed by atoms with van der Waals surface area (Å²) < 4.78 is 0. The van der Waals surface area contributed by atoms with Gasteiger partial charge in [-0.25, -0.2) is 0 Å². The predicted octanol–water partition coefficient (Wildman–Crippen LogP) is 1.63. The Balaban J connectivity index is 1.89. The third-order valence-electron chi connectivity index (χ3n) is 4.00. The number of likely N-dealkylation sites (tertiary alicyclic amines) is 1. The minimum absolute atomic E-state index is 0.272. The van der Waals surface area contributed by atoms with Crippen LogP contribution in [0.1, 0.15) is 39.0 Å². The van der Waals surface area contributed by atoms with Crippen LogP contribution in [0.2, 0.25) is 0 Å². The molecule has 0 spiro atoms. The molecule has 1 aliphatic carbocycles. The van der Waals surface area contributed by atoms with E-state index in [1.165, 1.54) is 38.6 Å². The summed E-state index contributed by atoms with van der Waals surface area (Å²) in [6, 6.07) is 0.768. The van der Waals surface area contributed by atoms with Gasteiger partial charge in [0.25, 0.3) is 0 Å². The Kier molecular flexibility index (Phi) is 2.61. The molecule has 2 fully saturated rings. The average Bonchev–Trinajstić information content (AvgIpc) is 2.61. The lowest BCUT2D eigenvalue weighted by Crippen LogP contribution is -2.51. The van der Waals surface area contributed by atoms with E-state index in [-0.39, 0.29) is 5.41 Å². The summed E-state index contributed by atoms with van der Waals surface area (Å²) in [6.07, 6.45) is 6.48. The molecule has 2 heteroatoms. The summed E-state index contributed by atoms with van der Waals surface area (Å²) in [5.41, 5.74) is 0.272. The zero-order valence-corrected chi connectivity index (χ0v) is 8.63. The summed E-state index contributed by atoms with van der Waals surface area (Å²) in [4.78, 5) is 2.53. The van der Waals surface area contributed by atoms with Crippen molar-refractivity contribution in [3.05, 3.63) is 0 Å². The first-order chi connectivity index (χ1) is 6.26. The van der Waals surface area contributed by atoms with Gasteiger partial charge in [-0.2, -0.15) is 0 Å². The van der Waals surface area contributed by atoms with E-state index < -0.39 is 0 Å². The van der Waals surface area contributed by atoms with E-state index in [0.29, 0.717) is 6.61 Å². The van der Waals surface area contributed by atoms with Gasteiger partial charge in [-0.3, -0.25) is 4.90 Å². The van der Waals surface area contributed by atoms with Crippen LogP contribution in [0.25, 0.3) is 0 Å². The quantitative estimate of drug-likeness (QED) is 0.719. The zero-order chi connectivity index (χ0) is 9.31. The van der Waals surface area contributed by atoms with E-state index in [2.05, 4.69) is 11.8 Å². The smallest absolute Gasteiger partial charge is 0.0499 e. The van der Waals surface area contributed by atoms with Gasteiger partial charge in [0, 0.05) is 24.6 Å². The first-order valence-corrected chi connectivity index (χ1v) is 5.61. The van der Waals surface area contributed by atoms with Crippen molar-refractivity contribution in [3.63, 3.8) is 0 Å². The largest absolute Gasteiger partial charge is 0.396 e. The lowest BCUT2D eigenvalue weighted by molar-refractivity contribution is 0.0179. The second kappa shape index (κ2) is 3.58. The Morgan fingerprint density at radius 3 is 2.46 bits per heavy atom. The van der Waals surface area contributed by atoms with Gasteiger partial charge < -0.3 is 5.11 Å². The van der Waals surface area contributed by atoms with Gasteiger partial charge in [0.2, 0.25) is 0 Å². The van der Waals surface area contributed by atoms with Gasteiger partial charge in [0.1, 0.15) is 0 Å². The molecule has 2 aliphatic rings. The molecule has 0 amide bonds. The normalized spacial score (nSPS) is 33.2. The van der Waals surface area contributed by atoms with Crippen LogP contribution < -0.4 is 0 Å². The number of rotatable bonds is 3. The van der Waals surface area contributed by atoms with Crippen LogP contribution in [0, 0.1) is 5.41 Å². The molecule has 1 atom stereocenters. The van der Waals surface area contributed by atoms with Crippen LogP contribution in [0.15, 0.2) is 0 Å². The molecule has 1 saturated carbocycles. The van der Waals surface area contributed by atoms with E-state index in [4.69, 9.17) is 0 Å². The molecule has 0 aromatic rings. The van der Waals surface area contributed by atoms with Crippen molar-refractivity contribution in [3.8, 4) is 0 Å². The SMILES string of the molecule is CC1CCN1CC1(CO)CCCC1. The van der Waals surface area contributed by atoms with Crippen molar-refractivity contribution in [2.24, 2.45) is 5.41 Å². The molecule has 0 aromatic heterocycles. The Bertz CT molecular complexity index is 175. The molecule has 13 heavy (non-hydrogen) atoms. The van der Waals surface area contributed by atoms with Crippen molar-refractivity contribution < 1.29 is 5.11 Å². The Morgan fingerprint density at radius 2 is 2.08 bits per heavy atom. The van der Waals surface area contributed by atoms with Crippen LogP contribution in [-0.4, -0.2) is 35.7 Å². The van der Waals surface area contributed by atoms with Crippen molar-refractivity contribution in [2.45, 2.75) is 45.1 Å². The molecular weight excluding hydrogens is 162 g/mol. The summed E-state index contributed by atoms with van der Waals surface area (Å²) in [5, 5.41) is 9.44. The Hall–Kier alpha value is -0.0800. The monoisotopic (exact) mass is 183 g/mol. The van der Waals surface area contributed by atoms with Gasteiger partial charge in [0.15, 0.2) is 0 Å². The summed E-state index contributed by atoms with van der Waals surface area (Å²) in [5.74, 6) is 0. The molecule has 76 valence electrons. The van der Waals surface area contributed by atoms with Gasteiger partial charge in [-0.1, -0.05) is 12.8 Å². The van der Waals surface area contributed by atoms with Crippen LogP contribution in [0.5, 0.6) is 0 Å². The molecule has 0 bridgehead atoms. The highest BCUT2D eigenvalue weighted by Gasteiger charge is 2.38. The Morgan fingerprint density at radius 1 is 1.38 bits per heavy atom. The van der Waals surface area contributed by atoms with Crippen molar-refractivity contribution >= 4 is 0 Å². The lowest BCUT2D eigenvalue weighted by Gasteiger charge is -2.44. The third kappa shape index (κ3) is 1.75. The van der Waals surface area contributed by atoms with Crippen LogP contribution in [-0.2, 0) is 0 Å². The first kappa shape index (κ1) is 9.47. The van der Waals surface area contributed by atoms with E-state index in [0.717, 1.165) is 12.6 Å². The fraction of sp³-hybridized carbons (Fsp3) is 1.00. The molecule has 2 rings (SSSR count). The summed E-state index contributed by atoms with van der Waals surface area (Å²) in [6.45, 7) is 5.09. The maximum atomic E-state index is 9.44. The second-order valence-electron chi connectivity index (χ2n) is 4.97. The van der Waals surface area contributed by atoms with Crippen LogP contribution in [0.4, 0.5) is 0 Å². The highest BCUT2D eigenvalue weighted by molar-refractivity contribution is 4.91. The highest BCUT2D eigenvalue weighted by atomic mass is 16.3. The van der Waals surface area contributed by atoms with E-state index in [1.54, 1.807) is 0 Å². The lowest BCUT2D eigenvalue weighted by atomic mass is 9.85. The topological polar surface area (TPSA) is 23.5 Å². The minimum atomic E-state index is 0.272. The number of nitrogens with zero attached hydrogens (tertiary/aromatic N) is 1. The number of aliphatic hydroxyl groups is 1. The third-order valence-corrected chi connectivity index (χ3v) is 4.00. The second-order valence-corrected chi connectivity index (χ2v) is 4.97. The van der Waals surface area contributed by atoms with Crippen molar-refractivity contribution in [1.29, 1.82) is 0 Å². The van der Waals surface area contributed by atoms with Gasteiger partial charge in [-0.15, -0.1) is 0 Å². The standard InChI is InChI=1S/C11H21NO/c1-10-4-7-12(10)8-11(9-13)5-2-3-6-11/h10,13H,2-9H2,1H3.